The maximum Gasteiger partial charge on any atom is 0.329 e. The molecule has 2 rings (SSSR count). The summed E-state index contributed by atoms with van der Waals surface area (Å²) in [5, 5.41) is 12.9. The predicted octanol–water partition coefficient (Wildman–Crippen LogP) is 1.30. The fourth-order valence-electron chi connectivity index (χ4n) is 2.81. The van der Waals surface area contributed by atoms with Crippen molar-refractivity contribution in [2.75, 3.05) is 33.4 Å². The average Bonchev–Trinajstić information content (AvgIpc) is 2.46. The lowest BCUT2D eigenvalue weighted by Gasteiger charge is -2.46. The number of carboxylic acids is 1. The van der Waals surface area contributed by atoms with Gasteiger partial charge in [-0.3, -0.25) is 4.90 Å². The zero-order chi connectivity index (χ0) is 15.5. The Kier molecular flexibility index (Phi) is 4.66. The number of carbonyl (C=O) groups is 1. The molecule has 1 aliphatic heterocycles. The largest absolute Gasteiger partial charge is 0.480 e. The topological polar surface area (TPSA) is 61.8 Å². The molecule has 0 radical (unpaired) electrons. The van der Waals surface area contributed by atoms with Gasteiger partial charge >= 0.3 is 5.97 Å². The van der Waals surface area contributed by atoms with Crippen LogP contribution in [0.5, 0.6) is 0 Å². The number of benzene rings is 1. The summed E-state index contributed by atoms with van der Waals surface area (Å²) in [6.07, 6.45) is 0. The van der Waals surface area contributed by atoms with Crippen molar-refractivity contribution in [3.8, 4) is 0 Å². The Morgan fingerprint density at radius 1 is 1.43 bits per heavy atom. The summed E-state index contributed by atoms with van der Waals surface area (Å²) < 4.78 is 5.52. The van der Waals surface area contributed by atoms with Crippen LogP contribution in [0.25, 0.3) is 0 Å². The molecule has 0 spiro atoms. The van der Waals surface area contributed by atoms with Crippen LogP contribution in [0.15, 0.2) is 30.3 Å². The molecule has 0 amide bonds. The molecule has 1 saturated heterocycles. The number of ether oxygens (including phenoxy) is 1. The van der Waals surface area contributed by atoms with E-state index >= 15 is 0 Å². The second kappa shape index (κ2) is 6.13. The molecule has 1 heterocycles. The molecule has 21 heavy (non-hydrogen) atoms. The standard InChI is InChI=1S/C16H24N2O3/c1-15(2)12-21-10-9-18(15)11-16(17-3,14(19)20)13-7-5-4-6-8-13/h4-8,17H,9-12H2,1-3H3,(H,19,20). The fourth-order valence-corrected chi connectivity index (χ4v) is 2.81. The highest BCUT2D eigenvalue weighted by Gasteiger charge is 2.44. The third kappa shape index (κ3) is 3.10. The molecule has 1 aromatic carbocycles. The Morgan fingerprint density at radius 3 is 2.62 bits per heavy atom. The van der Waals surface area contributed by atoms with E-state index in [1.165, 1.54) is 0 Å². The first-order valence-electron chi connectivity index (χ1n) is 7.23. The summed E-state index contributed by atoms with van der Waals surface area (Å²) in [4.78, 5) is 14.2. The van der Waals surface area contributed by atoms with Gasteiger partial charge in [-0.2, -0.15) is 0 Å². The van der Waals surface area contributed by atoms with Gasteiger partial charge in [0.25, 0.3) is 0 Å². The van der Waals surface area contributed by atoms with Crippen LogP contribution in [0.3, 0.4) is 0 Å². The van der Waals surface area contributed by atoms with Gasteiger partial charge in [0.15, 0.2) is 5.54 Å². The van der Waals surface area contributed by atoms with Crippen molar-refractivity contribution in [1.29, 1.82) is 0 Å². The molecule has 1 unspecified atom stereocenters. The molecule has 2 N–H and O–H groups in total. The lowest BCUT2D eigenvalue weighted by Crippen LogP contribution is -2.62. The number of aliphatic carboxylic acids is 1. The number of hydrogen-bond donors (Lipinski definition) is 2. The Bertz CT molecular complexity index is 490. The molecule has 5 heteroatoms. The molecule has 116 valence electrons. The molecular formula is C16H24N2O3. The molecule has 1 fully saturated rings. The van der Waals surface area contributed by atoms with E-state index in [2.05, 4.69) is 24.1 Å². The van der Waals surface area contributed by atoms with E-state index in [1.807, 2.05) is 30.3 Å². The first-order chi connectivity index (χ1) is 9.92. The summed E-state index contributed by atoms with van der Waals surface area (Å²) >= 11 is 0. The van der Waals surface area contributed by atoms with E-state index in [-0.39, 0.29) is 5.54 Å². The van der Waals surface area contributed by atoms with E-state index in [1.54, 1.807) is 7.05 Å². The van der Waals surface area contributed by atoms with Gasteiger partial charge in [-0.1, -0.05) is 30.3 Å². The number of rotatable bonds is 5. The van der Waals surface area contributed by atoms with Gasteiger partial charge in [0.1, 0.15) is 0 Å². The normalized spacial score (nSPS) is 21.7. The quantitative estimate of drug-likeness (QED) is 0.856. The van der Waals surface area contributed by atoms with Gasteiger partial charge in [0, 0.05) is 18.6 Å². The molecule has 1 aromatic rings. The van der Waals surface area contributed by atoms with E-state index in [0.717, 1.165) is 12.1 Å². The van der Waals surface area contributed by atoms with Crippen LogP contribution in [0, 0.1) is 0 Å². The Balaban J connectivity index is 2.35. The third-order valence-electron chi connectivity index (χ3n) is 4.30. The highest BCUT2D eigenvalue weighted by atomic mass is 16.5. The van der Waals surface area contributed by atoms with E-state index in [0.29, 0.717) is 19.8 Å². The maximum absolute atomic E-state index is 12.0. The lowest BCUT2D eigenvalue weighted by molar-refractivity contribution is -0.148. The van der Waals surface area contributed by atoms with Crippen molar-refractivity contribution in [1.82, 2.24) is 10.2 Å². The first-order valence-corrected chi connectivity index (χ1v) is 7.23. The molecule has 0 aliphatic carbocycles. The van der Waals surface area contributed by atoms with Crippen molar-refractivity contribution in [3.05, 3.63) is 35.9 Å². The molecule has 0 aromatic heterocycles. The van der Waals surface area contributed by atoms with Crippen molar-refractivity contribution < 1.29 is 14.6 Å². The smallest absolute Gasteiger partial charge is 0.329 e. The van der Waals surface area contributed by atoms with Crippen LogP contribution in [0.2, 0.25) is 0 Å². The van der Waals surface area contributed by atoms with Gasteiger partial charge in [-0.15, -0.1) is 0 Å². The van der Waals surface area contributed by atoms with Crippen LogP contribution in [0.1, 0.15) is 19.4 Å². The number of carboxylic acid groups (broad SMARTS) is 1. The third-order valence-corrected chi connectivity index (χ3v) is 4.30. The summed E-state index contributed by atoms with van der Waals surface area (Å²) in [5.41, 5.74) is -0.525. The fraction of sp³-hybridized carbons (Fsp3) is 0.562. The van der Waals surface area contributed by atoms with Crippen LogP contribution in [-0.4, -0.2) is 54.9 Å². The predicted molar refractivity (Wildman–Crippen MR) is 81.3 cm³/mol. The lowest BCUT2D eigenvalue weighted by atomic mass is 9.87. The first kappa shape index (κ1) is 15.9. The Morgan fingerprint density at radius 2 is 2.10 bits per heavy atom. The molecule has 5 nitrogen and oxygen atoms in total. The SMILES string of the molecule is CNC(CN1CCOCC1(C)C)(C(=O)O)c1ccccc1. The van der Waals surface area contributed by atoms with E-state index in [4.69, 9.17) is 4.74 Å². The number of nitrogens with one attached hydrogen (secondary N) is 1. The second-order valence-electron chi connectivity index (χ2n) is 6.11. The minimum absolute atomic E-state index is 0.176. The molecule has 0 bridgehead atoms. The zero-order valence-electron chi connectivity index (χ0n) is 12.9. The summed E-state index contributed by atoms with van der Waals surface area (Å²) in [6, 6.07) is 9.35. The van der Waals surface area contributed by atoms with Crippen molar-refractivity contribution in [3.63, 3.8) is 0 Å². The zero-order valence-corrected chi connectivity index (χ0v) is 12.9. The molecular weight excluding hydrogens is 268 g/mol. The summed E-state index contributed by atoms with van der Waals surface area (Å²) in [7, 11) is 1.70. The van der Waals surface area contributed by atoms with Gasteiger partial charge in [-0.25, -0.2) is 4.79 Å². The van der Waals surface area contributed by atoms with Crippen LogP contribution in [-0.2, 0) is 15.1 Å². The van der Waals surface area contributed by atoms with Gasteiger partial charge in [0.2, 0.25) is 0 Å². The van der Waals surface area contributed by atoms with Crippen LogP contribution >= 0.6 is 0 Å². The second-order valence-corrected chi connectivity index (χ2v) is 6.11. The van der Waals surface area contributed by atoms with Crippen molar-refractivity contribution in [2.45, 2.75) is 24.9 Å². The highest BCUT2D eigenvalue weighted by molar-refractivity contribution is 5.81. The molecule has 0 saturated carbocycles. The van der Waals surface area contributed by atoms with Gasteiger partial charge < -0.3 is 15.2 Å². The summed E-state index contributed by atoms with van der Waals surface area (Å²) in [5.74, 6) is -0.863. The average molecular weight is 292 g/mol. The van der Waals surface area contributed by atoms with Gasteiger partial charge in [-0.05, 0) is 26.5 Å². The van der Waals surface area contributed by atoms with Crippen LogP contribution < -0.4 is 5.32 Å². The maximum atomic E-state index is 12.0. The number of nitrogens with zero attached hydrogens (tertiary/aromatic N) is 1. The minimum atomic E-state index is -1.12. The Hall–Kier alpha value is -1.43. The van der Waals surface area contributed by atoms with Crippen LogP contribution in [0.4, 0.5) is 0 Å². The monoisotopic (exact) mass is 292 g/mol. The van der Waals surface area contributed by atoms with Gasteiger partial charge in [0.05, 0.1) is 13.2 Å². The Labute approximate surface area is 125 Å². The number of hydrogen-bond acceptors (Lipinski definition) is 4. The highest BCUT2D eigenvalue weighted by Crippen LogP contribution is 2.28. The van der Waals surface area contributed by atoms with E-state index in [9.17, 15) is 9.90 Å². The van der Waals surface area contributed by atoms with E-state index < -0.39 is 11.5 Å². The summed E-state index contributed by atoms with van der Waals surface area (Å²) in [6.45, 7) is 6.55. The number of morpholine rings is 1. The number of likely N-dealkylation sites (N-methyl/N-ethyl adjacent to an activating group) is 1. The molecule has 1 atom stereocenters. The van der Waals surface area contributed by atoms with Crippen molar-refractivity contribution in [2.24, 2.45) is 0 Å². The molecule has 1 aliphatic rings. The minimum Gasteiger partial charge on any atom is -0.480 e. The van der Waals surface area contributed by atoms with Crippen molar-refractivity contribution >= 4 is 5.97 Å².